The van der Waals surface area contributed by atoms with Crippen LogP contribution in [-0.2, 0) is 20.7 Å². The van der Waals surface area contributed by atoms with Gasteiger partial charge < -0.3 is 19.7 Å². The minimum Gasteiger partial charge on any atom is -0.479 e. The molecule has 1 unspecified atom stereocenters. The van der Waals surface area contributed by atoms with Crippen molar-refractivity contribution in [1.82, 2.24) is 0 Å². The van der Waals surface area contributed by atoms with Crippen molar-refractivity contribution in [3.05, 3.63) is 54.1 Å². The number of carbonyl (C=O) groups excluding carboxylic acids is 2. The van der Waals surface area contributed by atoms with E-state index in [1.165, 1.54) is 7.11 Å². The number of rotatable bonds is 6. The molecule has 0 spiro atoms. The van der Waals surface area contributed by atoms with Crippen LogP contribution < -0.4 is 15.0 Å². The standard InChI is InChI=1S/C20H22N2O4/c1-14-20(24)22(11-10-15-6-4-3-5-7-15)17-12-16(8-9-18(17)26-14)21-19(23)13-25-2/h3-9,12,14H,10-11,13H2,1-2H3,(H,21,23). The van der Waals surface area contributed by atoms with Gasteiger partial charge in [-0.25, -0.2) is 0 Å². The average Bonchev–Trinajstić information content (AvgIpc) is 2.63. The first-order valence-electron chi connectivity index (χ1n) is 8.53. The van der Waals surface area contributed by atoms with Crippen LogP contribution in [-0.4, -0.2) is 38.2 Å². The Kier molecular flexibility index (Phi) is 5.53. The number of amides is 2. The van der Waals surface area contributed by atoms with E-state index in [2.05, 4.69) is 5.32 Å². The van der Waals surface area contributed by atoms with Crippen LogP contribution in [0, 0.1) is 0 Å². The summed E-state index contributed by atoms with van der Waals surface area (Å²) in [6, 6.07) is 15.3. The van der Waals surface area contributed by atoms with Crippen molar-refractivity contribution in [3.63, 3.8) is 0 Å². The molecule has 2 aromatic carbocycles. The smallest absolute Gasteiger partial charge is 0.267 e. The van der Waals surface area contributed by atoms with Gasteiger partial charge in [0.1, 0.15) is 12.4 Å². The molecule has 0 fully saturated rings. The number of benzene rings is 2. The zero-order chi connectivity index (χ0) is 18.5. The van der Waals surface area contributed by atoms with Gasteiger partial charge in [-0.05, 0) is 37.1 Å². The summed E-state index contributed by atoms with van der Waals surface area (Å²) in [4.78, 5) is 26.1. The van der Waals surface area contributed by atoms with E-state index in [1.807, 2.05) is 30.3 Å². The van der Waals surface area contributed by atoms with E-state index in [-0.39, 0.29) is 18.4 Å². The van der Waals surface area contributed by atoms with Gasteiger partial charge in [0.15, 0.2) is 6.10 Å². The minimum atomic E-state index is -0.535. The van der Waals surface area contributed by atoms with E-state index in [1.54, 1.807) is 30.0 Å². The number of ether oxygens (including phenoxy) is 2. The first kappa shape index (κ1) is 17.9. The Labute approximate surface area is 152 Å². The monoisotopic (exact) mass is 354 g/mol. The first-order valence-corrected chi connectivity index (χ1v) is 8.53. The molecule has 0 saturated carbocycles. The summed E-state index contributed by atoms with van der Waals surface area (Å²) in [7, 11) is 1.46. The highest BCUT2D eigenvalue weighted by molar-refractivity contribution is 6.01. The molecule has 0 bridgehead atoms. The van der Waals surface area contributed by atoms with E-state index < -0.39 is 6.10 Å². The van der Waals surface area contributed by atoms with E-state index in [9.17, 15) is 9.59 Å². The fourth-order valence-corrected chi connectivity index (χ4v) is 2.93. The van der Waals surface area contributed by atoms with Crippen LogP contribution >= 0.6 is 0 Å². The number of carbonyl (C=O) groups is 2. The maximum Gasteiger partial charge on any atom is 0.267 e. The Morgan fingerprint density at radius 3 is 2.73 bits per heavy atom. The Hall–Kier alpha value is -2.86. The summed E-state index contributed by atoms with van der Waals surface area (Å²) in [5.74, 6) is 0.295. The summed E-state index contributed by atoms with van der Waals surface area (Å²) in [6.07, 6.45) is 0.200. The van der Waals surface area contributed by atoms with E-state index in [4.69, 9.17) is 9.47 Å². The van der Waals surface area contributed by atoms with Gasteiger partial charge in [0.05, 0.1) is 5.69 Å². The molecule has 136 valence electrons. The maximum atomic E-state index is 12.6. The molecule has 2 aromatic rings. The molecule has 6 nitrogen and oxygen atoms in total. The minimum absolute atomic E-state index is 0.0265. The lowest BCUT2D eigenvalue weighted by molar-refractivity contribution is -0.125. The number of anilines is 2. The van der Waals surface area contributed by atoms with Crippen LogP contribution in [0.25, 0.3) is 0 Å². The van der Waals surface area contributed by atoms with Crippen LogP contribution in [0.3, 0.4) is 0 Å². The predicted octanol–water partition coefficient (Wildman–Crippen LogP) is 2.63. The molecule has 1 aliphatic rings. The Balaban J connectivity index is 1.82. The second-order valence-corrected chi connectivity index (χ2v) is 6.15. The van der Waals surface area contributed by atoms with Crippen LogP contribution in [0.2, 0.25) is 0 Å². The lowest BCUT2D eigenvalue weighted by atomic mass is 10.1. The molecule has 1 N–H and O–H groups in total. The molecule has 0 saturated heterocycles. The maximum absolute atomic E-state index is 12.6. The van der Waals surface area contributed by atoms with Gasteiger partial charge in [-0.15, -0.1) is 0 Å². The summed E-state index contributed by atoms with van der Waals surface area (Å²) in [6.45, 7) is 2.26. The molecule has 0 aliphatic carbocycles. The molecule has 1 aliphatic heterocycles. The molecule has 6 heteroatoms. The van der Waals surface area contributed by atoms with Crippen molar-refractivity contribution >= 4 is 23.2 Å². The van der Waals surface area contributed by atoms with Crippen molar-refractivity contribution in [1.29, 1.82) is 0 Å². The fourth-order valence-electron chi connectivity index (χ4n) is 2.93. The van der Waals surface area contributed by atoms with Crippen molar-refractivity contribution < 1.29 is 19.1 Å². The van der Waals surface area contributed by atoms with Gasteiger partial charge in [0.25, 0.3) is 5.91 Å². The van der Waals surface area contributed by atoms with Crippen molar-refractivity contribution in [2.75, 3.05) is 30.5 Å². The molecule has 1 heterocycles. The molecule has 3 rings (SSSR count). The highest BCUT2D eigenvalue weighted by Gasteiger charge is 2.31. The predicted molar refractivity (Wildman–Crippen MR) is 99.5 cm³/mol. The van der Waals surface area contributed by atoms with Gasteiger partial charge in [-0.2, -0.15) is 0 Å². The fraction of sp³-hybridized carbons (Fsp3) is 0.300. The topological polar surface area (TPSA) is 67.9 Å². The third-order valence-corrected chi connectivity index (χ3v) is 4.19. The van der Waals surface area contributed by atoms with Crippen molar-refractivity contribution in [3.8, 4) is 5.75 Å². The highest BCUT2D eigenvalue weighted by atomic mass is 16.5. The SMILES string of the molecule is COCC(=O)Nc1ccc2c(c1)N(CCc1ccccc1)C(=O)C(C)O2. The summed E-state index contributed by atoms with van der Waals surface area (Å²) < 4.78 is 10.5. The third kappa shape index (κ3) is 4.03. The lowest BCUT2D eigenvalue weighted by Crippen LogP contribution is -2.45. The normalized spacial score (nSPS) is 16.0. The number of nitrogens with zero attached hydrogens (tertiary/aromatic N) is 1. The summed E-state index contributed by atoms with van der Waals surface area (Å²) >= 11 is 0. The molecule has 2 amide bonds. The first-order chi connectivity index (χ1) is 12.6. The number of nitrogens with one attached hydrogen (secondary N) is 1. The zero-order valence-electron chi connectivity index (χ0n) is 14.9. The number of fused-ring (bicyclic) bond motifs is 1. The molecular weight excluding hydrogens is 332 g/mol. The van der Waals surface area contributed by atoms with Crippen LogP contribution in [0.5, 0.6) is 5.75 Å². The van der Waals surface area contributed by atoms with Gasteiger partial charge in [0.2, 0.25) is 5.91 Å². The Morgan fingerprint density at radius 2 is 2.00 bits per heavy atom. The molecule has 1 atom stereocenters. The van der Waals surface area contributed by atoms with E-state index >= 15 is 0 Å². The Morgan fingerprint density at radius 1 is 1.23 bits per heavy atom. The van der Waals surface area contributed by atoms with Crippen molar-refractivity contribution in [2.24, 2.45) is 0 Å². The third-order valence-electron chi connectivity index (χ3n) is 4.19. The Bertz CT molecular complexity index is 792. The highest BCUT2D eigenvalue weighted by Crippen LogP contribution is 2.36. The number of hydrogen-bond donors (Lipinski definition) is 1. The zero-order valence-corrected chi connectivity index (χ0v) is 14.9. The summed E-state index contributed by atoms with van der Waals surface area (Å²) in [5, 5.41) is 2.76. The van der Waals surface area contributed by atoms with E-state index in [0.29, 0.717) is 23.7 Å². The number of methoxy groups -OCH3 is 1. The summed E-state index contributed by atoms with van der Waals surface area (Å²) in [5.41, 5.74) is 2.42. The van der Waals surface area contributed by atoms with Gasteiger partial charge >= 0.3 is 0 Å². The largest absolute Gasteiger partial charge is 0.479 e. The second kappa shape index (κ2) is 8.01. The molecular formula is C20H22N2O4. The van der Waals surface area contributed by atoms with Crippen LogP contribution in [0.15, 0.2) is 48.5 Å². The van der Waals surface area contributed by atoms with E-state index in [0.717, 1.165) is 12.0 Å². The second-order valence-electron chi connectivity index (χ2n) is 6.15. The van der Waals surface area contributed by atoms with Gasteiger partial charge in [-0.1, -0.05) is 30.3 Å². The van der Waals surface area contributed by atoms with Crippen LogP contribution in [0.1, 0.15) is 12.5 Å². The molecule has 26 heavy (non-hydrogen) atoms. The average molecular weight is 354 g/mol. The quantitative estimate of drug-likeness (QED) is 0.866. The molecule has 0 aromatic heterocycles. The number of hydrogen-bond acceptors (Lipinski definition) is 4. The van der Waals surface area contributed by atoms with Crippen molar-refractivity contribution in [2.45, 2.75) is 19.4 Å². The van der Waals surface area contributed by atoms with Gasteiger partial charge in [-0.3, -0.25) is 9.59 Å². The lowest BCUT2D eigenvalue weighted by Gasteiger charge is -2.33. The molecule has 0 radical (unpaired) electrons. The van der Waals surface area contributed by atoms with Crippen LogP contribution in [0.4, 0.5) is 11.4 Å². The van der Waals surface area contributed by atoms with Gasteiger partial charge in [0, 0.05) is 19.3 Å².